The molecule has 5 rings (SSSR count). The minimum absolute atomic E-state index is 0.00476. The summed E-state index contributed by atoms with van der Waals surface area (Å²) in [5.74, 6) is -1.17. The highest BCUT2D eigenvalue weighted by Crippen LogP contribution is 2.82. The van der Waals surface area contributed by atoms with Crippen molar-refractivity contribution < 1.29 is 43.5 Å². The summed E-state index contributed by atoms with van der Waals surface area (Å²) in [6, 6.07) is 0. The van der Waals surface area contributed by atoms with Gasteiger partial charge < -0.3 is 34.0 Å². The predicted octanol–water partition coefficient (Wildman–Crippen LogP) is 4.48. The van der Waals surface area contributed by atoms with Crippen molar-refractivity contribution in [2.24, 2.45) is 45.8 Å². The maximum absolute atomic E-state index is 13.7. The van der Waals surface area contributed by atoms with Crippen LogP contribution in [-0.4, -0.2) is 72.9 Å². The molecule has 0 radical (unpaired) electrons. The van der Waals surface area contributed by atoms with Gasteiger partial charge in [0, 0.05) is 18.1 Å². The van der Waals surface area contributed by atoms with Gasteiger partial charge in [-0.05, 0) is 69.6 Å². The number of esters is 1. The molecule has 2 N–H and O–H groups in total. The van der Waals surface area contributed by atoms with E-state index in [0.29, 0.717) is 24.3 Å². The molecule has 12 atom stereocenters. The number of carbonyl (C=O) groups excluding carboxylic acids is 2. The van der Waals surface area contributed by atoms with Crippen molar-refractivity contribution in [1.82, 2.24) is 0 Å². The van der Waals surface area contributed by atoms with Gasteiger partial charge in [-0.2, -0.15) is 0 Å². The van der Waals surface area contributed by atoms with Gasteiger partial charge in [-0.25, -0.2) is 4.79 Å². The molecule has 1 aliphatic heterocycles. The molecule has 3 saturated carbocycles. The average molecular weight is 601 g/mol. The van der Waals surface area contributed by atoms with E-state index < -0.39 is 58.9 Å². The van der Waals surface area contributed by atoms with Crippen molar-refractivity contribution >= 4 is 18.2 Å². The maximum Gasteiger partial charge on any atom is 0.334 e. The summed E-state index contributed by atoms with van der Waals surface area (Å²) in [4.78, 5) is 39.8. The number of ether oxygens (including phenoxy) is 4. The number of fused-ring (bicyclic) bond motifs is 2. The number of carbonyl (C=O) groups is 3. The number of carboxylic acid groups (broad SMARTS) is 1. The Morgan fingerprint density at radius 3 is 2.51 bits per heavy atom. The topological polar surface area (TPSA) is 129 Å². The maximum atomic E-state index is 13.7. The number of allylic oxidation sites excluding steroid dienone is 4. The number of hydrogen-bond donors (Lipinski definition) is 2. The van der Waals surface area contributed by atoms with E-state index in [9.17, 15) is 24.6 Å². The van der Waals surface area contributed by atoms with Gasteiger partial charge in [-0.3, -0.25) is 4.79 Å². The zero-order chi connectivity index (χ0) is 31.5. The minimum Gasteiger partial charge on any atom is -0.481 e. The van der Waals surface area contributed by atoms with Crippen LogP contribution in [0, 0.1) is 45.8 Å². The molecular formula is C34H48O9. The van der Waals surface area contributed by atoms with Crippen LogP contribution in [-0.2, 0) is 33.3 Å². The Balaban J connectivity index is 1.49. The Morgan fingerprint density at radius 1 is 1.19 bits per heavy atom. The molecule has 0 spiro atoms. The summed E-state index contributed by atoms with van der Waals surface area (Å²) in [5.41, 5.74) is -2.10. The third-order valence-corrected chi connectivity index (χ3v) is 11.8. The molecule has 4 fully saturated rings. The number of hydrogen-bond acceptors (Lipinski definition) is 8. The zero-order valence-corrected chi connectivity index (χ0v) is 26.4. The Kier molecular flexibility index (Phi) is 8.61. The number of aldehydes is 1. The van der Waals surface area contributed by atoms with Crippen molar-refractivity contribution in [2.75, 3.05) is 13.7 Å². The van der Waals surface area contributed by atoms with Gasteiger partial charge in [0.2, 0.25) is 0 Å². The van der Waals surface area contributed by atoms with Crippen LogP contribution in [0.1, 0.15) is 67.2 Å². The number of rotatable bonds is 10. The molecule has 0 aromatic heterocycles. The smallest absolute Gasteiger partial charge is 0.334 e. The van der Waals surface area contributed by atoms with E-state index in [-0.39, 0.29) is 30.3 Å². The molecule has 238 valence electrons. The van der Waals surface area contributed by atoms with Crippen LogP contribution in [0.2, 0.25) is 0 Å². The lowest BCUT2D eigenvalue weighted by molar-refractivity contribution is -0.308. The molecule has 0 amide bonds. The fourth-order valence-corrected chi connectivity index (χ4v) is 9.98. The van der Waals surface area contributed by atoms with Gasteiger partial charge in [-0.1, -0.05) is 57.1 Å². The average Bonchev–Trinajstić information content (AvgIpc) is 3.54. The Bertz CT molecular complexity index is 1220. The molecule has 1 heterocycles. The number of aliphatic carboxylic acids is 1. The highest BCUT2D eigenvalue weighted by molar-refractivity contribution is 5.90. The van der Waals surface area contributed by atoms with Gasteiger partial charge in [0.1, 0.15) is 23.9 Å². The Labute approximate surface area is 254 Å². The van der Waals surface area contributed by atoms with E-state index in [1.54, 1.807) is 32.1 Å². The first-order valence-corrected chi connectivity index (χ1v) is 15.8. The summed E-state index contributed by atoms with van der Waals surface area (Å²) < 4.78 is 23.9. The summed E-state index contributed by atoms with van der Waals surface area (Å²) in [5, 5.41) is 22.7. The van der Waals surface area contributed by atoms with E-state index >= 15 is 0 Å². The first-order chi connectivity index (χ1) is 20.4. The van der Waals surface area contributed by atoms with Crippen LogP contribution in [0.15, 0.2) is 35.5 Å². The van der Waals surface area contributed by atoms with Crippen LogP contribution in [0.3, 0.4) is 0 Å². The number of methoxy groups -OCH3 is 1. The van der Waals surface area contributed by atoms with Crippen molar-refractivity contribution in [2.45, 2.75) is 97.9 Å². The highest BCUT2D eigenvalue weighted by Gasteiger charge is 2.84. The van der Waals surface area contributed by atoms with Crippen LogP contribution in [0.25, 0.3) is 0 Å². The quantitative estimate of drug-likeness (QED) is 0.123. The molecule has 0 aromatic carbocycles. The van der Waals surface area contributed by atoms with Crippen molar-refractivity contribution in [3.05, 3.63) is 35.5 Å². The summed E-state index contributed by atoms with van der Waals surface area (Å²) in [6.45, 7) is 11.4. The van der Waals surface area contributed by atoms with Gasteiger partial charge in [-0.15, -0.1) is 0 Å². The molecule has 9 nitrogen and oxygen atoms in total. The Hall–Kier alpha value is -2.33. The van der Waals surface area contributed by atoms with Gasteiger partial charge in [0.15, 0.2) is 12.4 Å². The minimum atomic E-state index is -1.40. The Morgan fingerprint density at radius 2 is 1.91 bits per heavy atom. The van der Waals surface area contributed by atoms with Gasteiger partial charge in [0.25, 0.3) is 0 Å². The van der Waals surface area contributed by atoms with E-state index in [2.05, 4.69) is 13.0 Å². The second-order valence-electron chi connectivity index (χ2n) is 13.9. The fraction of sp³-hybridized carbons (Fsp3) is 0.735. The molecule has 5 aliphatic rings. The van der Waals surface area contributed by atoms with Crippen LogP contribution in [0.4, 0.5) is 0 Å². The largest absolute Gasteiger partial charge is 0.481 e. The molecule has 43 heavy (non-hydrogen) atoms. The van der Waals surface area contributed by atoms with E-state index in [1.807, 2.05) is 20.8 Å². The standard InChI is InChI=1S/C34H48O9/c1-8-9-10-20(5)29(37)43-28-26(36)30(42-21(6)27(28)40-7)41-17-33-15-23-19(4)11-12-24(23)32(16-35)14-22(33)13-25(18(2)3)34(32,33)31(38)39/h8-10,13,16,18-19,21-24,26-28,30,36H,11-12,14-15,17H2,1-7H3,(H,38,39)/b9-8-,20-10+/t19-,21-,22-,23-,24-,26+,27-,28+,30-,32+,33+,34+/m1/s1. The summed E-state index contributed by atoms with van der Waals surface area (Å²) in [6.07, 6.45) is 6.21. The van der Waals surface area contributed by atoms with Gasteiger partial charge >= 0.3 is 11.9 Å². The van der Waals surface area contributed by atoms with Gasteiger partial charge in [0.05, 0.1) is 18.1 Å². The van der Waals surface area contributed by atoms with Crippen molar-refractivity contribution in [3.63, 3.8) is 0 Å². The molecule has 4 bridgehead atoms. The number of aliphatic hydroxyl groups excluding tert-OH is 1. The normalized spacial score (nSPS) is 45.4. The lowest BCUT2D eigenvalue weighted by atomic mass is 9.43. The summed E-state index contributed by atoms with van der Waals surface area (Å²) >= 11 is 0. The SMILES string of the molecule is C/C=C\C=C(/C)C(=O)O[C@H]1[C@H](O)[C@H](OC[C@@]23C[C@@H]4[C@H](C)CC[C@H]4[C@@]4(C=O)C[C@H]2C=C(C(C)C)[C@@]34C(=O)O)O[C@H](C)[C@H]1OC. The first kappa shape index (κ1) is 32.1. The highest BCUT2D eigenvalue weighted by atomic mass is 16.7. The zero-order valence-electron chi connectivity index (χ0n) is 26.4. The molecule has 9 heteroatoms. The number of carboxylic acids is 1. The molecule has 4 aliphatic carbocycles. The summed E-state index contributed by atoms with van der Waals surface area (Å²) in [7, 11) is 1.47. The lowest BCUT2D eigenvalue weighted by Gasteiger charge is -2.58. The van der Waals surface area contributed by atoms with Crippen LogP contribution >= 0.6 is 0 Å². The monoisotopic (exact) mass is 600 g/mol. The van der Waals surface area contributed by atoms with Crippen LogP contribution in [0.5, 0.6) is 0 Å². The predicted molar refractivity (Wildman–Crippen MR) is 158 cm³/mol. The lowest BCUT2D eigenvalue weighted by Crippen LogP contribution is -2.64. The van der Waals surface area contributed by atoms with E-state index in [4.69, 9.17) is 18.9 Å². The molecule has 0 unspecified atom stereocenters. The second kappa shape index (κ2) is 11.5. The molecular weight excluding hydrogens is 552 g/mol. The third kappa shape index (κ3) is 4.36. The molecule has 1 saturated heterocycles. The third-order valence-electron chi connectivity index (χ3n) is 11.8. The first-order valence-electron chi connectivity index (χ1n) is 15.8. The number of aliphatic hydroxyl groups is 1. The molecule has 0 aromatic rings. The van der Waals surface area contributed by atoms with Crippen molar-refractivity contribution in [1.29, 1.82) is 0 Å². The second-order valence-corrected chi connectivity index (χ2v) is 13.9. The fourth-order valence-electron chi connectivity index (χ4n) is 9.98. The van der Waals surface area contributed by atoms with Crippen LogP contribution < -0.4 is 0 Å². The van der Waals surface area contributed by atoms with E-state index in [0.717, 1.165) is 24.7 Å². The van der Waals surface area contributed by atoms with Crippen molar-refractivity contribution in [3.8, 4) is 0 Å². The van der Waals surface area contributed by atoms with E-state index in [1.165, 1.54) is 7.11 Å².